The summed E-state index contributed by atoms with van der Waals surface area (Å²) in [4.78, 5) is 10.7. The molecule has 1 N–H and O–H groups in total. The van der Waals surface area contributed by atoms with Gasteiger partial charge < -0.3 is 19.3 Å². The highest BCUT2D eigenvalue weighted by molar-refractivity contribution is 5.72. The Hall–Kier alpha value is -3.11. The zero-order chi connectivity index (χ0) is 23.1. The normalized spacial score (nSPS) is 10.9. The van der Waals surface area contributed by atoms with Crippen LogP contribution < -0.4 is 9.47 Å². The zero-order valence-electron chi connectivity index (χ0n) is 18.3. The molecule has 2 aromatic rings. The van der Waals surface area contributed by atoms with Crippen LogP contribution in [0.25, 0.3) is 0 Å². The van der Waals surface area contributed by atoms with Crippen molar-refractivity contribution in [3.8, 4) is 23.3 Å². The molecule has 0 aliphatic rings. The number of carbonyl (C=O) groups is 1. The van der Waals surface area contributed by atoms with Gasteiger partial charge in [-0.05, 0) is 62.2 Å². The molecular formula is C24H30FNO5. The fourth-order valence-corrected chi connectivity index (χ4v) is 2.22. The summed E-state index contributed by atoms with van der Waals surface area (Å²) in [6.45, 7) is 7.69. The molecule has 2 rings (SSSR count). The molecule has 0 aliphatic carbocycles. The molecule has 7 heteroatoms. The van der Waals surface area contributed by atoms with E-state index in [1.54, 1.807) is 0 Å². The van der Waals surface area contributed by atoms with E-state index < -0.39 is 17.9 Å². The zero-order valence-corrected chi connectivity index (χ0v) is 18.3. The molecule has 0 saturated carbocycles. The third kappa shape index (κ3) is 10.5. The maximum Gasteiger partial charge on any atom is 0.344 e. The average Bonchev–Trinajstić information content (AvgIpc) is 2.76. The summed E-state index contributed by atoms with van der Waals surface area (Å²) in [5.41, 5.74) is 0.205. The lowest BCUT2D eigenvalue weighted by Gasteiger charge is -2.11. The number of rotatable bonds is 11. The van der Waals surface area contributed by atoms with Crippen LogP contribution in [0.1, 0.15) is 52.0 Å². The standard InChI is InChI=1S/C16H12FNO4.C8H18O/c1-10(16(19)20)21-12-3-5-13(6-4-12)22-15-7-2-11(9-18)8-14(15)17;1-3-5-7-9-8-6-4-2/h2-8,10H,1H3,(H,19,20);3-8H2,1-2H3/t10-;/m1./s1. The van der Waals surface area contributed by atoms with Crippen LogP contribution in [0, 0.1) is 17.1 Å². The monoisotopic (exact) mass is 431 g/mol. The fourth-order valence-electron chi connectivity index (χ4n) is 2.22. The van der Waals surface area contributed by atoms with Gasteiger partial charge in [0.1, 0.15) is 11.5 Å². The highest BCUT2D eigenvalue weighted by Crippen LogP contribution is 2.27. The van der Waals surface area contributed by atoms with Crippen molar-refractivity contribution in [1.82, 2.24) is 0 Å². The minimum absolute atomic E-state index is 0.00780. The summed E-state index contributed by atoms with van der Waals surface area (Å²) >= 11 is 0. The SMILES string of the molecule is CCCCOCCCC.C[C@@H](Oc1ccc(Oc2ccc(C#N)cc2F)cc1)C(=O)O. The third-order valence-electron chi connectivity index (χ3n) is 4.06. The molecule has 0 aliphatic heterocycles. The first-order valence-electron chi connectivity index (χ1n) is 10.4. The quantitative estimate of drug-likeness (QED) is 0.443. The highest BCUT2D eigenvalue weighted by Gasteiger charge is 2.12. The molecule has 0 heterocycles. The first-order valence-corrected chi connectivity index (χ1v) is 10.4. The van der Waals surface area contributed by atoms with Gasteiger partial charge in [0, 0.05) is 13.2 Å². The summed E-state index contributed by atoms with van der Waals surface area (Å²) in [6.07, 6.45) is 3.94. The number of carboxylic acids is 1. The Morgan fingerprint density at radius 2 is 1.65 bits per heavy atom. The largest absolute Gasteiger partial charge is 0.479 e. The molecule has 0 unspecified atom stereocenters. The van der Waals surface area contributed by atoms with Gasteiger partial charge in [-0.25, -0.2) is 9.18 Å². The number of nitrogens with zero attached hydrogens (tertiary/aromatic N) is 1. The van der Waals surface area contributed by atoms with Gasteiger partial charge in [-0.1, -0.05) is 26.7 Å². The van der Waals surface area contributed by atoms with E-state index in [2.05, 4.69) is 13.8 Å². The molecule has 1 atom stereocenters. The number of aliphatic carboxylic acids is 1. The number of nitriles is 1. The van der Waals surface area contributed by atoms with E-state index in [0.29, 0.717) is 11.5 Å². The predicted octanol–water partition coefficient (Wildman–Crippen LogP) is 5.94. The lowest BCUT2D eigenvalue weighted by Crippen LogP contribution is -2.22. The maximum absolute atomic E-state index is 13.7. The van der Waals surface area contributed by atoms with Gasteiger partial charge in [-0.15, -0.1) is 0 Å². The molecule has 0 saturated heterocycles. The molecule has 6 nitrogen and oxygen atoms in total. The number of hydrogen-bond donors (Lipinski definition) is 1. The molecule has 2 aromatic carbocycles. The van der Waals surface area contributed by atoms with Crippen molar-refractivity contribution in [3.05, 3.63) is 53.8 Å². The smallest absolute Gasteiger partial charge is 0.344 e. The second-order valence-electron chi connectivity index (χ2n) is 6.75. The minimum Gasteiger partial charge on any atom is -0.479 e. The Morgan fingerprint density at radius 1 is 1.06 bits per heavy atom. The van der Waals surface area contributed by atoms with Gasteiger partial charge in [-0.2, -0.15) is 5.26 Å². The van der Waals surface area contributed by atoms with E-state index >= 15 is 0 Å². The summed E-state index contributed by atoms with van der Waals surface area (Å²) in [6, 6.07) is 11.8. The van der Waals surface area contributed by atoms with Crippen LogP contribution in [0.15, 0.2) is 42.5 Å². The average molecular weight is 432 g/mol. The van der Waals surface area contributed by atoms with Gasteiger partial charge in [0.15, 0.2) is 17.7 Å². The van der Waals surface area contributed by atoms with Crippen LogP contribution in [0.5, 0.6) is 17.2 Å². The number of carboxylic acid groups (broad SMARTS) is 1. The number of benzene rings is 2. The van der Waals surface area contributed by atoms with E-state index in [-0.39, 0.29) is 11.3 Å². The van der Waals surface area contributed by atoms with Crippen LogP contribution in [-0.4, -0.2) is 30.4 Å². The second-order valence-corrected chi connectivity index (χ2v) is 6.75. The Morgan fingerprint density at radius 3 is 2.13 bits per heavy atom. The van der Waals surface area contributed by atoms with Gasteiger partial charge in [0.25, 0.3) is 0 Å². The summed E-state index contributed by atoms with van der Waals surface area (Å²) in [5.74, 6) is -0.994. The fraction of sp³-hybridized carbons (Fsp3) is 0.417. The summed E-state index contributed by atoms with van der Waals surface area (Å²) in [5, 5.41) is 17.4. The van der Waals surface area contributed by atoms with Crippen molar-refractivity contribution >= 4 is 5.97 Å². The van der Waals surface area contributed by atoms with Crippen LogP contribution in [0.4, 0.5) is 4.39 Å². The molecular weight excluding hydrogens is 401 g/mol. The van der Waals surface area contributed by atoms with E-state index in [9.17, 15) is 9.18 Å². The molecule has 0 amide bonds. The van der Waals surface area contributed by atoms with Gasteiger partial charge >= 0.3 is 5.97 Å². The lowest BCUT2D eigenvalue weighted by molar-refractivity contribution is -0.144. The number of unbranched alkanes of at least 4 members (excludes halogenated alkanes) is 2. The van der Waals surface area contributed by atoms with Crippen molar-refractivity contribution in [2.45, 2.75) is 52.6 Å². The Labute approximate surface area is 183 Å². The van der Waals surface area contributed by atoms with Crippen molar-refractivity contribution in [1.29, 1.82) is 5.26 Å². The van der Waals surface area contributed by atoms with E-state index in [4.69, 9.17) is 24.6 Å². The van der Waals surface area contributed by atoms with E-state index in [0.717, 1.165) is 19.3 Å². The van der Waals surface area contributed by atoms with Crippen molar-refractivity contribution < 1.29 is 28.5 Å². The first kappa shape index (κ1) is 25.9. The maximum atomic E-state index is 13.7. The molecule has 31 heavy (non-hydrogen) atoms. The predicted molar refractivity (Wildman–Crippen MR) is 116 cm³/mol. The summed E-state index contributed by atoms with van der Waals surface area (Å²) in [7, 11) is 0. The molecule has 0 aromatic heterocycles. The minimum atomic E-state index is -1.07. The van der Waals surface area contributed by atoms with Gasteiger partial charge in [0.2, 0.25) is 0 Å². The Bertz CT molecular complexity index is 827. The number of hydrogen-bond acceptors (Lipinski definition) is 5. The molecule has 168 valence electrons. The first-order chi connectivity index (χ1) is 14.9. The summed E-state index contributed by atoms with van der Waals surface area (Å²) < 4.78 is 29.5. The van der Waals surface area contributed by atoms with Crippen LogP contribution in [0.3, 0.4) is 0 Å². The molecule has 0 bridgehead atoms. The molecule has 0 spiro atoms. The number of ether oxygens (including phenoxy) is 3. The topological polar surface area (TPSA) is 88.8 Å². The van der Waals surface area contributed by atoms with E-state index in [1.807, 2.05) is 6.07 Å². The second kappa shape index (κ2) is 14.8. The number of halogens is 1. The Balaban J connectivity index is 0.000000452. The van der Waals surface area contributed by atoms with Gasteiger partial charge in [-0.3, -0.25) is 0 Å². The van der Waals surface area contributed by atoms with Crippen molar-refractivity contribution in [2.75, 3.05) is 13.2 Å². The van der Waals surface area contributed by atoms with Crippen LogP contribution in [-0.2, 0) is 9.53 Å². The van der Waals surface area contributed by atoms with Gasteiger partial charge in [0.05, 0.1) is 11.6 Å². The van der Waals surface area contributed by atoms with Crippen molar-refractivity contribution in [2.24, 2.45) is 0 Å². The van der Waals surface area contributed by atoms with E-state index in [1.165, 1.54) is 69.0 Å². The molecule has 0 fully saturated rings. The highest BCUT2D eigenvalue weighted by atomic mass is 19.1. The third-order valence-corrected chi connectivity index (χ3v) is 4.06. The van der Waals surface area contributed by atoms with Crippen molar-refractivity contribution in [3.63, 3.8) is 0 Å². The molecule has 0 radical (unpaired) electrons. The Kier molecular flexibility index (Phi) is 12.4. The lowest BCUT2D eigenvalue weighted by atomic mass is 10.2. The van der Waals surface area contributed by atoms with Crippen LogP contribution >= 0.6 is 0 Å². The van der Waals surface area contributed by atoms with Crippen LogP contribution in [0.2, 0.25) is 0 Å².